The lowest BCUT2D eigenvalue weighted by Gasteiger charge is -2.16. The Morgan fingerprint density at radius 2 is 1.97 bits per heavy atom. The van der Waals surface area contributed by atoms with E-state index < -0.39 is 0 Å². The predicted molar refractivity (Wildman–Crippen MR) is 134 cm³/mol. The third-order valence-corrected chi connectivity index (χ3v) is 5.30. The van der Waals surface area contributed by atoms with Crippen molar-refractivity contribution in [3.8, 4) is 5.75 Å². The molecule has 1 saturated heterocycles. The molecule has 0 bridgehead atoms. The lowest BCUT2D eigenvalue weighted by molar-refractivity contribution is 0.166. The first-order chi connectivity index (χ1) is 14.7. The smallest absolute Gasteiger partial charge is 0.191 e. The van der Waals surface area contributed by atoms with Crippen molar-refractivity contribution < 1.29 is 13.9 Å². The van der Waals surface area contributed by atoms with Gasteiger partial charge in [0.25, 0.3) is 0 Å². The summed E-state index contributed by atoms with van der Waals surface area (Å²) in [4.78, 5) is 4.32. The molecule has 0 spiro atoms. The number of nitrogens with one attached hydrogen (secondary N) is 2. The minimum absolute atomic E-state index is 0. The van der Waals surface area contributed by atoms with Crippen LogP contribution in [-0.2, 0) is 17.8 Å². The van der Waals surface area contributed by atoms with Gasteiger partial charge in [-0.15, -0.1) is 24.0 Å². The van der Waals surface area contributed by atoms with E-state index in [1.165, 1.54) is 5.56 Å². The number of hydrogen-bond acceptors (Lipinski definition) is 4. The van der Waals surface area contributed by atoms with Gasteiger partial charge in [-0.1, -0.05) is 30.3 Å². The molecule has 7 heteroatoms. The molecule has 6 nitrogen and oxygen atoms in total. The largest absolute Gasteiger partial charge is 0.493 e. The first-order valence-corrected chi connectivity index (χ1v) is 10.4. The van der Waals surface area contributed by atoms with Crippen molar-refractivity contribution in [2.75, 3.05) is 26.9 Å². The van der Waals surface area contributed by atoms with Crippen LogP contribution in [0.15, 0.2) is 57.9 Å². The molecule has 1 aliphatic rings. The Bertz CT molecular complexity index is 979. The second-order valence-electron chi connectivity index (χ2n) is 7.68. The van der Waals surface area contributed by atoms with Crippen LogP contribution in [0.4, 0.5) is 0 Å². The first kappa shape index (κ1) is 23.4. The van der Waals surface area contributed by atoms with Crippen LogP contribution in [-0.4, -0.2) is 32.8 Å². The Morgan fingerprint density at radius 1 is 1.13 bits per heavy atom. The van der Waals surface area contributed by atoms with E-state index in [-0.39, 0.29) is 24.0 Å². The molecule has 2 N–H and O–H groups in total. The summed E-state index contributed by atoms with van der Waals surface area (Å²) in [5.41, 5.74) is 3.18. The van der Waals surface area contributed by atoms with Crippen LogP contribution in [0.25, 0.3) is 11.0 Å². The van der Waals surface area contributed by atoms with E-state index in [9.17, 15) is 0 Å². The lowest BCUT2D eigenvalue weighted by atomic mass is 10.1. The standard InChI is InChI=1S/C24H29N3O3.HI/c1-17-7-8-20(23(11-17)29-16-18-9-10-28-15-18)13-26-24(25-2)27-14-21-12-19-5-3-4-6-22(19)30-21;/h3-8,11-12,18H,9-10,13-16H2,1-2H3,(H2,25,26,27);1H. The molecule has 1 aliphatic heterocycles. The zero-order valence-corrected chi connectivity index (χ0v) is 20.3. The molecule has 0 radical (unpaired) electrons. The van der Waals surface area contributed by atoms with Crippen LogP contribution >= 0.6 is 24.0 Å². The highest BCUT2D eigenvalue weighted by Crippen LogP contribution is 2.23. The van der Waals surface area contributed by atoms with Gasteiger partial charge in [-0.3, -0.25) is 4.99 Å². The van der Waals surface area contributed by atoms with Gasteiger partial charge in [-0.2, -0.15) is 0 Å². The van der Waals surface area contributed by atoms with E-state index >= 15 is 0 Å². The van der Waals surface area contributed by atoms with Crippen molar-refractivity contribution >= 4 is 40.9 Å². The van der Waals surface area contributed by atoms with Gasteiger partial charge in [0.1, 0.15) is 17.1 Å². The molecular formula is C24H30IN3O3. The molecule has 1 fully saturated rings. The van der Waals surface area contributed by atoms with Crippen LogP contribution in [0.2, 0.25) is 0 Å². The molecule has 0 amide bonds. The fourth-order valence-electron chi connectivity index (χ4n) is 3.56. The quantitative estimate of drug-likeness (QED) is 0.262. The second-order valence-corrected chi connectivity index (χ2v) is 7.68. The summed E-state index contributed by atoms with van der Waals surface area (Å²) < 4.78 is 17.5. The predicted octanol–water partition coefficient (Wildman–Crippen LogP) is 4.64. The van der Waals surface area contributed by atoms with Crippen LogP contribution in [0.1, 0.15) is 23.3 Å². The van der Waals surface area contributed by atoms with E-state index in [1.807, 2.05) is 30.3 Å². The Labute approximate surface area is 200 Å². The SMILES string of the molecule is CN=C(NCc1cc2ccccc2o1)NCc1ccc(C)cc1OCC1CCOC1.I. The topological polar surface area (TPSA) is 68.0 Å². The Balaban J connectivity index is 0.00000272. The van der Waals surface area contributed by atoms with Crippen LogP contribution < -0.4 is 15.4 Å². The van der Waals surface area contributed by atoms with E-state index in [0.717, 1.165) is 47.7 Å². The number of rotatable bonds is 7. The molecule has 1 unspecified atom stereocenters. The zero-order valence-electron chi connectivity index (χ0n) is 18.0. The molecule has 3 aromatic rings. The van der Waals surface area contributed by atoms with Crippen molar-refractivity contribution in [2.45, 2.75) is 26.4 Å². The fourth-order valence-corrected chi connectivity index (χ4v) is 3.56. The number of furan rings is 1. The number of aliphatic imine (C=N–C) groups is 1. The third-order valence-electron chi connectivity index (χ3n) is 5.30. The van der Waals surface area contributed by atoms with Gasteiger partial charge in [0.15, 0.2) is 5.96 Å². The van der Waals surface area contributed by atoms with Crippen molar-refractivity contribution in [1.82, 2.24) is 10.6 Å². The van der Waals surface area contributed by atoms with Gasteiger partial charge in [0.05, 0.1) is 19.8 Å². The monoisotopic (exact) mass is 535 g/mol. The summed E-state index contributed by atoms with van der Waals surface area (Å²) in [5, 5.41) is 7.79. The minimum Gasteiger partial charge on any atom is -0.493 e. The van der Waals surface area contributed by atoms with Crippen LogP contribution in [0.3, 0.4) is 0 Å². The van der Waals surface area contributed by atoms with Gasteiger partial charge in [0.2, 0.25) is 0 Å². The van der Waals surface area contributed by atoms with E-state index in [4.69, 9.17) is 13.9 Å². The molecular weight excluding hydrogens is 505 g/mol. The number of nitrogens with zero attached hydrogens (tertiary/aromatic N) is 1. The third kappa shape index (κ3) is 6.36. The molecule has 2 aromatic carbocycles. The van der Waals surface area contributed by atoms with E-state index in [1.54, 1.807) is 7.05 Å². The number of aryl methyl sites for hydroxylation is 1. The van der Waals surface area contributed by atoms with E-state index in [0.29, 0.717) is 31.6 Å². The van der Waals surface area contributed by atoms with Crippen molar-refractivity contribution in [2.24, 2.45) is 10.9 Å². The second kappa shape index (κ2) is 11.4. The number of ether oxygens (including phenoxy) is 2. The van der Waals surface area contributed by atoms with Gasteiger partial charge >= 0.3 is 0 Å². The molecule has 1 atom stereocenters. The molecule has 0 saturated carbocycles. The number of para-hydroxylation sites is 1. The maximum Gasteiger partial charge on any atom is 0.191 e. The average Bonchev–Trinajstić information content (AvgIpc) is 3.42. The minimum atomic E-state index is 0. The molecule has 1 aromatic heterocycles. The highest BCUT2D eigenvalue weighted by Gasteiger charge is 2.17. The number of hydrogen-bond donors (Lipinski definition) is 2. The molecule has 4 rings (SSSR count). The summed E-state index contributed by atoms with van der Waals surface area (Å²) in [7, 11) is 1.76. The van der Waals surface area contributed by atoms with Crippen LogP contribution in [0.5, 0.6) is 5.75 Å². The Hall–Kier alpha value is -2.26. The van der Waals surface area contributed by atoms with Crippen LogP contribution in [0, 0.1) is 12.8 Å². The zero-order chi connectivity index (χ0) is 20.8. The van der Waals surface area contributed by atoms with Gasteiger partial charge in [-0.05, 0) is 37.1 Å². The molecule has 0 aliphatic carbocycles. The van der Waals surface area contributed by atoms with Crippen molar-refractivity contribution in [3.63, 3.8) is 0 Å². The number of fused-ring (bicyclic) bond motifs is 1. The fraction of sp³-hybridized carbons (Fsp3) is 0.375. The van der Waals surface area contributed by atoms with Gasteiger partial charge in [-0.25, -0.2) is 0 Å². The average molecular weight is 535 g/mol. The molecule has 166 valence electrons. The number of guanidine groups is 1. The highest BCUT2D eigenvalue weighted by atomic mass is 127. The maximum atomic E-state index is 6.14. The van der Waals surface area contributed by atoms with Crippen molar-refractivity contribution in [3.05, 3.63) is 65.4 Å². The first-order valence-electron chi connectivity index (χ1n) is 10.4. The lowest BCUT2D eigenvalue weighted by Crippen LogP contribution is -2.36. The van der Waals surface area contributed by atoms with E-state index in [2.05, 4.69) is 40.7 Å². The maximum absolute atomic E-state index is 6.14. The Kier molecular flexibility index (Phi) is 8.60. The number of benzene rings is 2. The Morgan fingerprint density at radius 3 is 2.74 bits per heavy atom. The van der Waals surface area contributed by atoms with Gasteiger partial charge < -0.3 is 24.5 Å². The summed E-state index contributed by atoms with van der Waals surface area (Å²) in [6.45, 7) is 5.58. The summed E-state index contributed by atoms with van der Waals surface area (Å²) in [6, 6.07) is 16.4. The normalized spacial score (nSPS) is 16.2. The summed E-state index contributed by atoms with van der Waals surface area (Å²) >= 11 is 0. The number of halogens is 1. The highest BCUT2D eigenvalue weighted by molar-refractivity contribution is 14.0. The summed E-state index contributed by atoms with van der Waals surface area (Å²) in [5.74, 6) is 2.98. The molecule has 31 heavy (non-hydrogen) atoms. The summed E-state index contributed by atoms with van der Waals surface area (Å²) in [6.07, 6.45) is 1.07. The van der Waals surface area contributed by atoms with Gasteiger partial charge in [0, 0.05) is 37.1 Å². The molecule has 2 heterocycles. The van der Waals surface area contributed by atoms with Crippen molar-refractivity contribution in [1.29, 1.82) is 0 Å².